The van der Waals surface area contributed by atoms with Gasteiger partial charge in [-0.1, -0.05) is 47.1 Å². The Morgan fingerprint density at radius 2 is 1.60 bits per heavy atom. The van der Waals surface area contributed by atoms with E-state index in [-0.39, 0.29) is 51.0 Å². The second-order valence-corrected chi connectivity index (χ2v) is 15.1. The van der Waals surface area contributed by atoms with E-state index >= 15 is 0 Å². The summed E-state index contributed by atoms with van der Waals surface area (Å²) >= 11 is 0. The van der Waals surface area contributed by atoms with Gasteiger partial charge in [0.05, 0.1) is 18.6 Å². The number of rotatable bonds is 1. The van der Waals surface area contributed by atoms with Crippen molar-refractivity contribution in [3.8, 4) is 0 Å². The van der Waals surface area contributed by atoms with Gasteiger partial charge in [-0.2, -0.15) is 0 Å². The summed E-state index contributed by atoms with van der Waals surface area (Å²) in [5.41, 5.74) is 0.590. The molecule has 0 aliphatic heterocycles. The average Bonchev–Trinajstić information content (AvgIpc) is 2.78. The number of methoxy groups -OCH3 is 1. The molecule has 0 radical (unpaired) electrons. The van der Waals surface area contributed by atoms with Crippen LogP contribution in [0.3, 0.4) is 0 Å². The van der Waals surface area contributed by atoms with Crippen molar-refractivity contribution < 1.29 is 19.4 Å². The molecular formula is C31H48O4. The summed E-state index contributed by atoms with van der Waals surface area (Å²) in [5, 5.41) is 10.9. The van der Waals surface area contributed by atoms with E-state index in [0.29, 0.717) is 11.7 Å². The molecule has 0 aromatic carbocycles. The van der Waals surface area contributed by atoms with Gasteiger partial charge in [-0.3, -0.25) is 9.59 Å². The van der Waals surface area contributed by atoms with Crippen LogP contribution in [0.15, 0.2) is 11.6 Å². The Balaban J connectivity index is 1.61. The number of aliphatic hydroxyl groups excluding tert-OH is 1. The Kier molecular flexibility index (Phi) is 5.43. The number of allylic oxidation sites excluding steroid dienone is 2. The normalized spacial score (nSPS) is 52.8. The van der Waals surface area contributed by atoms with Crippen LogP contribution in [0.2, 0.25) is 0 Å². The van der Waals surface area contributed by atoms with Crippen molar-refractivity contribution in [2.45, 2.75) is 112 Å². The van der Waals surface area contributed by atoms with E-state index in [1.165, 1.54) is 12.7 Å². The maximum absolute atomic E-state index is 14.3. The molecule has 4 heteroatoms. The van der Waals surface area contributed by atoms with Gasteiger partial charge < -0.3 is 9.84 Å². The molecule has 0 saturated heterocycles. The van der Waals surface area contributed by atoms with Gasteiger partial charge in [0.1, 0.15) is 0 Å². The molecule has 0 unspecified atom stereocenters. The first-order valence-corrected chi connectivity index (χ1v) is 14.1. The fourth-order valence-electron chi connectivity index (χ4n) is 10.6. The van der Waals surface area contributed by atoms with Crippen LogP contribution in [0, 0.1) is 50.2 Å². The monoisotopic (exact) mass is 484 g/mol. The summed E-state index contributed by atoms with van der Waals surface area (Å²) in [4.78, 5) is 27.1. The van der Waals surface area contributed by atoms with Crippen LogP contribution in [0.1, 0.15) is 106 Å². The van der Waals surface area contributed by atoms with E-state index in [0.717, 1.165) is 57.8 Å². The first-order valence-electron chi connectivity index (χ1n) is 14.1. The number of hydrogen-bond acceptors (Lipinski definition) is 4. The smallest absolute Gasteiger partial charge is 0.311 e. The number of carbonyl (C=O) groups excluding carboxylic acids is 2. The number of ketones is 1. The van der Waals surface area contributed by atoms with Crippen LogP contribution in [0.4, 0.5) is 0 Å². The van der Waals surface area contributed by atoms with Gasteiger partial charge in [0.15, 0.2) is 5.78 Å². The zero-order valence-electron chi connectivity index (χ0n) is 23.4. The lowest BCUT2D eigenvalue weighted by molar-refractivity contribution is -0.202. The third-order valence-corrected chi connectivity index (χ3v) is 13.2. The van der Waals surface area contributed by atoms with Crippen molar-refractivity contribution >= 4 is 11.8 Å². The molecule has 0 bridgehead atoms. The first kappa shape index (κ1) is 25.5. The van der Waals surface area contributed by atoms with E-state index in [4.69, 9.17) is 4.74 Å². The molecule has 0 aromatic heterocycles. The molecule has 5 rings (SSSR count). The SMILES string of the molecule is COC(=O)[C@]1(C)CC[C@]2(C)CC[C@@]3(C)C(=CC(=O)[C@@H]4[C@@]5(C)CC[C@@H](O)C(C)(C)[C@@H]5CC[C@@]43C)[C@@H]2C1. The van der Waals surface area contributed by atoms with Gasteiger partial charge in [0.25, 0.3) is 0 Å². The number of hydrogen-bond donors (Lipinski definition) is 1. The van der Waals surface area contributed by atoms with Crippen LogP contribution in [0.25, 0.3) is 0 Å². The largest absolute Gasteiger partial charge is 0.469 e. The fraction of sp³-hybridized carbons (Fsp3) is 0.871. The molecular weight excluding hydrogens is 436 g/mol. The second kappa shape index (κ2) is 7.45. The lowest BCUT2D eigenvalue weighted by atomic mass is 9.33. The third kappa shape index (κ3) is 3.07. The minimum atomic E-state index is -0.480. The number of aliphatic hydroxyl groups is 1. The Morgan fingerprint density at radius 3 is 2.26 bits per heavy atom. The van der Waals surface area contributed by atoms with E-state index in [1.807, 2.05) is 0 Å². The summed E-state index contributed by atoms with van der Waals surface area (Å²) in [5.74, 6) is 0.805. The zero-order valence-corrected chi connectivity index (χ0v) is 23.4. The summed E-state index contributed by atoms with van der Waals surface area (Å²) in [6, 6.07) is 0. The topological polar surface area (TPSA) is 63.6 Å². The Labute approximate surface area is 212 Å². The number of carbonyl (C=O) groups is 2. The summed E-state index contributed by atoms with van der Waals surface area (Å²) in [7, 11) is 1.50. The fourth-order valence-corrected chi connectivity index (χ4v) is 10.6. The van der Waals surface area contributed by atoms with Crippen molar-refractivity contribution in [1.82, 2.24) is 0 Å². The first-order chi connectivity index (χ1) is 16.1. The Bertz CT molecular complexity index is 980. The molecule has 4 saturated carbocycles. The van der Waals surface area contributed by atoms with E-state index in [9.17, 15) is 14.7 Å². The molecule has 196 valence electrons. The van der Waals surface area contributed by atoms with Gasteiger partial charge in [-0.25, -0.2) is 0 Å². The highest BCUT2D eigenvalue weighted by atomic mass is 16.5. The van der Waals surface area contributed by atoms with Gasteiger partial charge in [-0.05, 0) is 110 Å². The minimum absolute atomic E-state index is 0.00536. The van der Waals surface area contributed by atoms with Crippen LogP contribution >= 0.6 is 0 Å². The lowest BCUT2D eigenvalue weighted by Gasteiger charge is -2.70. The molecule has 5 aliphatic rings. The molecule has 0 heterocycles. The molecule has 4 nitrogen and oxygen atoms in total. The maximum atomic E-state index is 14.3. The van der Waals surface area contributed by atoms with Crippen molar-refractivity contribution in [1.29, 1.82) is 0 Å². The Hall–Kier alpha value is -1.16. The predicted octanol–water partition coefficient (Wildman–Crippen LogP) is 6.50. The Morgan fingerprint density at radius 1 is 0.943 bits per heavy atom. The predicted molar refractivity (Wildman–Crippen MR) is 137 cm³/mol. The number of ether oxygens (including phenoxy) is 1. The van der Waals surface area contributed by atoms with E-state index in [1.54, 1.807) is 0 Å². The third-order valence-electron chi connectivity index (χ3n) is 13.2. The van der Waals surface area contributed by atoms with Gasteiger partial charge >= 0.3 is 5.97 Å². The average molecular weight is 485 g/mol. The molecule has 35 heavy (non-hydrogen) atoms. The quantitative estimate of drug-likeness (QED) is 0.431. The van der Waals surface area contributed by atoms with Crippen LogP contribution in [-0.2, 0) is 14.3 Å². The zero-order chi connectivity index (χ0) is 25.8. The van der Waals surface area contributed by atoms with Gasteiger partial charge in [0.2, 0.25) is 0 Å². The highest BCUT2D eigenvalue weighted by molar-refractivity contribution is 5.95. The van der Waals surface area contributed by atoms with Crippen molar-refractivity contribution in [2.24, 2.45) is 50.2 Å². The molecule has 0 amide bonds. The lowest BCUT2D eigenvalue weighted by Crippen LogP contribution is -2.66. The van der Waals surface area contributed by atoms with Crippen LogP contribution in [-0.4, -0.2) is 30.1 Å². The van der Waals surface area contributed by atoms with E-state index < -0.39 is 5.41 Å². The minimum Gasteiger partial charge on any atom is -0.469 e. The highest BCUT2D eigenvalue weighted by Gasteiger charge is 2.70. The summed E-state index contributed by atoms with van der Waals surface area (Å²) in [6.07, 6.45) is 10.5. The number of fused-ring (bicyclic) bond motifs is 7. The second-order valence-electron chi connectivity index (χ2n) is 15.1. The number of esters is 1. The molecule has 0 spiro atoms. The van der Waals surface area contributed by atoms with Crippen molar-refractivity contribution in [3.05, 3.63) is 11.6 Å². The van der Waals surface area contributed by atoms with Crippen molar-refractivity contribution in [3.63, 3.8) is 0 Å². The van der Waals surface area contributed by atoms with E-state index in [2.05, 4.69) is 54.5 Å². The summed E-state index contributed by atoms with van der Waals surface area (Å²) < 4.78 is 5.25. The molecule has 5 aliphatic carbocycles. The van der Waals surface area contributed by atoms with Crippen LogP contribution < -0.4 is 0 Å². The highest BCUT2D eigenvalue weighted by Crippen LogP contribution is 2.75. The molecule has 1 N–H and O–H groups in total. The molecule has 0 aromatic rings. The van der Waals surface area contributed by atoms with Gasteiger partial charge in [0, 0.05) is 5.92 Å². The maximum Gasteiger partial charge on any atom is 0.311 e. The van der Waals surface area contributed by atoms with Gasteiger partial charge in [-0.15, -0.1) is 0 Å². The standard InChI is InChI=1S/C31H48O4/c1-26(2)22-9-12-31(7)24(29(22,5)11-10-23(26)33)21(32)17-19-20-18-28(4,25(34)35-8)14-13-27(20,3)15-16-30(19,31)6/h17,20,22-24,33H,9-16,18H2,1-8H3/t20-,22-,23+,24+,27+,28+,29-,30-,31-/m0/s1. The van der Waals surface area contributed by atoms with Crippen LogP contribution in [0.5, 0.6) is 0 Å². The van der Waals surface area contributed by atoms with Crippen molar-refractivity contribution in [2.75, 3.05) is 7.11 Å². The molecule has 4 fully saturated rings. The molecule has 9 atom stereocenters. The summed E-state index contributed by atoms with van der Waals surface area (Å²) in [6.45, 7) is 16.2.